The van der Waals surface area contributed by atoms with Crippen LogP contribution in [0.15, 0.2) is 46.0 Å². The van der Waals surface area contributed by atoms with E-state index in [-0.39, 0.29) is 6.54 Å². The summed E-state index contributed by atoms with van der Waals surface area (Å²) in [6.45, 7) is 0.283. The molecule has 0 aliphatic heterocycles. The third-order valence-corrected chi connectivity index (χ3v) is 4.41. The molecule has 0 aliphatic carbocycles. The fraction of sp³-hybridized carbons (Fsp3) is 0.250. The van der Waals surface area contributed by atoms with E-state index in [0.29, 0.717) is 29.2 Å². The van der Waals surface area contributed by atoms with Crippen LogP contribution in [0.4, 0.5) is 0 Å². The van der Waals surface area contributed by atoms with Crippen molar-refractivity contribution < 1.29 is 23.8 Å². The molecule has 9 heteroatoms. The van der Waals surface area contributed by atoms with Crippen molar-refractivity contribution in [2.75, 3.05) is 27.9 Å². The topological polar surface area (TPSA) is 98.2 Å². The first kappa shape index (κ1) is 22.2. The Labute approximate surface area is 177 Å². The maximum absolute atomic E-state index is 11.9. The number of nitrogens with one attached hydrogen (secondary N) is 2. The molecule has 0 radical (unpaired) electrons. The van der Waals surface area contributed by atoms with Gasteiger partial charge in [-0.1, -0.05) is 22.0 Å². The van der Waals surface area contributed by atoms with Gasteiger partial charge in [-0.15, -0.1) is 0 Å². The minimum atomic E-state index is -0.859. The quantitative estimate of drug-likeness (QED) is 0.355. The Morgan fingerprint density at radius 1 is 0.966 bits per heavy atom. The van der Waals surface area contributed by atoms with Crippen molar-refractivity contribution in [2.45, 2.75) is 6.42 Å². The van der Waals surface area contributed by atoms with Gasteiger partial charge in [-0.2, -0.15) is 5.10 Å². The molecule has 0 bridgehead atoms. The summed E-state index contributed by atoms with van der Waals surface area (Å²) in [6, 6.07) is 10.8. The fourth-order valence-electron chi connectivity index (χ4n) is 2.45. The molecular weight excluding hydrogens is 442 g/mol. The normalized spacial score (nSPS) is 10.5. The van der Waals surface area contributed by atoms with E-state index >= 15 is 0 Å². The summed E-state index contributed by atoms with van der Waals surface area (Å²) in [7, 11) is 4.65. The number of hydrazone groups is 1. The van der Waals surface area contributed by atoms with E-state index in [1.54, 1.807) is 32.4 Å². The second-order valence-corrected chi connectivity index (χ2v) is 6.70. The van der Waals surface area contributed by atoms with Gasteiger partial charge in [0, 0.05) is 16.6 Å². The first-order chi connectivity index (χ1) is 14.0. The minimum Gasteiger partial charge on any atom is -0.496 e. The van der Waals surface area contributed by atoms with Crippen molar-refractivity contribution in [3.05, 3.63) is 52.0 Å². The summed E-state index contributed by atoms with van der Waals surface area (Å²) < 4.78 is 16.5. The second kappa shape index (κ2) is 11.1. The van der Waals surface area contributed by atoms with E-state index in [2.05, 4.69) is 31.8 Å². The second-order valence-electron chi connectivity index (χ2n) is 5.78. The average Bonchev–Trinajstić information content (AvgIpc) is 2.73. The number of carbonyl (C=O) groups excluding carboxylic acids is 2. The van der Waals surface area contributed by atoms with Crippen LogP contribution in [0.2, 0.25) is 0 Å². The van der Waals surface area contributed by atoms with Crippen molar-refractivity contribution in [2.24, 2.45) is 5.10 Å². The zero-order valence-corrected chi connectivity index (χ0v) is 17.9. The number of rotatable bonds is 8. The molecule has 0 fully saturated rings. The maximum Gasteiger partial charge on any atom is 0.329 e. The molecule has 0 unspecified atom stereocenters. The van der Waals surface area contributed by atoms with Gasteiger partial charge in [0.25, 0.3) is 0 Å². The lowest BCUT2D eigenvalue weighted by Crippen LogP contribution is -2.38. The lowest BCUT2D eigenvalue weighted by molar-refractivity contribution is -0.139. The molecule has 2 aromatic rings. The molecule has 2 amide bonds. The van der Waals surface area contributed by atoms with Crippen molar-refractivity contribution >= 4 is 34.0 Å². The summed E-state index contributed by atoms with van der Waals surface area (Å²) in [5.41, 5.74) is 3.78. The first-order valence-corrected chi connectivity index (χ1v) is 9.43. The van der Waals surface area contributed by atoms with E-state index in [9.17, 15) is 9.59 Å². The van der Waals surface area contributed by atoms with Gasteiger partial charge in [-0.3, -0.25) is 9.59 Å². The number of hydrogen-bond donors (Lipinski definition) is 2. The van der Waals surface area contributed by atoms with Gasteiger partial charge in [0.2, 0.25) is 0 Å². The molecule has 0 atom stereocenters. The Balaban J connectivity index is 1.84. The van der Waals surface area contributed by atoms with Gasteiger partial charge in [0.1, 0.15) is 5.75 Å². The van der Waals surface area contributed by atoms with Crippen LogP contribution in [0.3, 0.4) is 0 Å². The lowest BCUT2D eigenvalue weighted by Gasteiger charge is -2.10. The third-order valence-electron chi connectivity index (χ3n) is 3.91. The highest BCUT2D eigenvalue weighted by atomic mass is 79.9. The zero-order valence-electron chi connectivity index (χ0n) is 16.3. The predicted molar refractivity (Wildman–Crippen MR) is 113 cm³/mol. The molecule has 0 aromatic heterocycles. The Hall–Kier alpha value is -3.07. The molecule has 0 heterocycles. The monoisotopic (exact) mass is 463 g/mol. The summed E-state index contributed by atoms with van der Waals surface area (Å²) >= 11 is 3.35. The molecule has 0 spiro atoms. The van der Waals surface area contributed by atoms with Crippen LogP contribution in [-0.2, 0) is 16.0 Å². The average molecular weight is 464 g/mol. The van der Waals surface area contributed by atoms with Crippen molar-refractivity contribution in [3.8, 4) is 17.2 Å². The van der Waals surface area contributed by atoms with Crippen LogP contribution >= 0.6 is 15.9 Å². The highest BCUT2D eigenvalue weighted by Crippen LogP contribution is 2.27. The Morgan fingerprint density at radius 3 is 2.34 bits per heavy atom. The van der Waals surface area contributed by atoms with Crippen LogP contribution in [0.5, 0.6) is 17.2 Å². The fourth-order valence-corrected chi connectivity index (χ4v) is 2.83. The van der Waals surface area contributed by atoms with Gasteiger partial charge in [0.15, 0.2) is 11.5 Å². The number of halogens is 1. The van der Waals surface area contributed by atoms with E-state index < -0.39 is 11.8 Å². The van der Waals surface area contributed by atoms with Gasteiger partial charge in [0.05, 0.1) is 27.5 Å². The summed E-state index contributed by atoms with van der Waals surface area (Å²) in [6.07, 6.45) is 1.93. The number of benzene rings is 2. The molecule has 2 rings (SSSR count). The van der Waals surface area contributed by atoms with Crippen LogP contribution in [0.1, 0.15) is 11.1 Å². The van der Waals surface area contributed by atoms with Crippen molar-refractivity contribution in [3.63, 3.8) is 0 Å². The predicted octanol–water partition coefficient (Wildman–Crippen LogP) is 2.28. The number of hydrogen-bond acceptors (Lipinski definition) is 6. The molecule has 0 saturated heterocycles. The van der Waals surface area contributed by atoms with Gasteiger partial charge < -0.3 is 19.5 Å². The summed E-state index contributed by atoms with van der Waals surface area (Å²) in [4.78, 5) is 23.8. The van der Waals surface area contributed by atoms with Crippen LogP contribution < -0.4 is 25.0 Å². The van der Waals surface area contributed by atoms with Crippen molar-refractivity contribution in [1.29, 1.82) is 0 Å². The highest BCUT2D eigenvalue weighted by Gasteiger charge is 2.12. The molecule has 8 nitrogen and oxygen atoms in total. The highest BCUT2D eigenvalue weighted by molar-refractivity contribution is 9.10. The Bertz CT molecular complexity index is 902. The molecule has 0 saturated carbocycles. The molecular formula is C20H22BrN3O5. The minimum absolute atomic E-state index is 0.283. The van der Waals surface area contributed by atoms with E-state index in [0.717, 1.165) is 10.0 Å². The Morgan fingerprint density at radius 2 is 1.66 bits per heavy atom. The van der Waals surface area contributed by atoms with E-state index in [4.69, 9.17) is 14.2 Å². The van der Waals surface area contributed by atoms with Gasteiger partial charge in [-0.05, 0) is 42.3 Å². The SMILES string of the molecule is COc1ccc(Br)cc1/C=N\NC(=O)C(=O)NCCc1ccc(OC)c(OC)c1. The number of nitrogens with zero attached hydrogens (tertiary/aromatic N) is 1. The largest absolute Gasteiger partial charge is 0.496 e. The zero-order chi connectivity index (χ0) is 21.2. The molecule has 2 aromatic carbocycles. The van der Waals surface area contributed by atoms with Crippen LogP contribution in [0.25, 0.3) is 0 Å². The molecule has 154 valence electrons. The number of methoxy groups -OCH3 is 3. The molecule has 0 aliphatic rings. The first-order valence-electron chi connectivity index (χ1n) is 8.64. The Kier molecular flexibility index (Phi) is 8.47. The number of carbonyl (C=O) groups is 2. The molecule has 2 N–H and O–H groups in total. The summed E-state index contributed by atoms with van der Waals surface area (Å²) in [5, 5.41) is 6.35. The van der Waals surface area contributed by atoms with Crippen LogP contribution in [0, 0.1) is 0 Å². The molecule has 29 heavy (non-hydrogen) atoms. The lowest BCUT2D eigenvalue weighted by atomic mass is 10.1. The van der Waals surface area contributed by atoms with Crippen molar-refractivity contribution in [1.82, 2.24) is 10.7 Å². The van der Waals surface area contributed by atoms with E-state index in [1.807, 2.05) is 18.2 Å². The third kappa shape index (κ3) is 6.49. The smallest absolute Gasteiger partial charge is 0.329 e. The summed E-state index contributed by atoms with van der Waals surface area (Å²) in [5.74, 6) is 0.183. The standard InChI is InChI=1S/C20H22BrN3O5/c1-27-16-7-5-15(21)11-14(16)12-23-24-20(26)19(25)22-9-8-13-4-6-17(28-2)18(10-13)29-3/h4-7,10-12H,8-9H2,1-3H3,(H,22,25)(H,24,26)/b23-12-. The van der Waals surface area contributed by atoms with Crippen LogP contribution in [-0.4, -0.2) is 45.9 Å². The maximum atomic E-state index is 11.9. The van der Waals surface area contributed by atoms with Gasteiger partial charge >= 0.3 is 11.8 Å². The van der Waals surface area contributed by atoms with E-state index in [1.165, 1.54) is 13.3 Å². The number of ether oxygens (including phenoxy) is 3. The van der Waals surface area contributed by atoms with Gasteiger partial charge in [-0.25, -0.2) is 5.43 Å². The number of amides is 2.